The highest BCUT2D eigenvalue weighted by Crippen LogP contribution is 2.36. The number of hydrogen-bond donors (Lipinski definition) is 1. The minimum atomic E-state index is 0.338. The predicted molar refractivity (Wildman–Crippen MR) is 87.5 cm³/mol. The van der Waals surface area contributed by atoms with Gasteiger partial charge in [0.1, 0.15) is 0 Å². The van der Waals surface area contributed by atoms with E-state index < -0.39 is 0 Å². The average Bonchev–Trinajstić information content (AvgIpc) is 3.15. The van der Waals surface area contributed by atoms with Gasteiger partial charge in [-0.1, -0.05) is 36.6 Å². The molecule has 1 aliphatic rings. The predicted octanol–water partition coefficient (Wildman–Crippen LogP) is 4.20. The molecular formula is C17H22ClN3. The lowest BCUT2D eigenvalue weighted by molar-refractivity contribution is 0.344. The van der Waals surface area contributed by atoms with E-state index in [4.69, 9.17) is 17.3 Å². The number of aryl methyl sites for hydroxylation is 1. The van der Waals surface area contributed by atoms with Crippen LogP contribution in [0.15, 0.2) is 30.7 Å². The highest BCUT2D eigenvalue weighted by Gasteiger charge is 2.26. The summed E-state index contributed by atoms with van der Waals surface area (Å²) in [6.45, 7) is 2.68. The first-order valence-electron chi connectivity index (χ1n) is 7.69. The van der Waals surface area contributed by atoms with E-state index in [0.29, 0.717) is 18.5 Å². The molecule has 0 radical (unpaired) electrons. The highest BCUT2D eigenvalue weighted by molar-refractivity contribution is 6.31. The largest absolute Gasteiger partial charge is 0.328 e. The van der Waals surface area contributed by atoms with Gasteiger partial charge in [-0.3, -0.25) is 0 Å². The number of aromatic nitrogens is 2. The van der Waals surface area contributed by atoms with Gasteiger partial charge in [-0.15, -0.1) is 0 Å². The Labute approximate surface area is 131 Å². The summed E-state index contributed by atoms with van der Waals surface area (Å²) in [5.74, 6) is 0.670. The molecular weight excluding hydrogens is 282 g/mol. The van der Waals surface area contributed by atoms with Gasteiger partial charge in [-0.2, -0.15) is 0 Å². The summed E-state index contributed by atoms with van der Waals surface area (Å²) in [5.41, 5.74) is 9.39. The summed E-state index contributed by atoms with van der Waals surface area (Å²) >= 11 is 6.27. The van der Waals surface area contributed by atoms with Gasteiger partial charge < -0.3 is 10.3 Å². The zero-order valence-electron chi connectivity index (χ0n) is 12.4. The molecule has 0 bridgehead atoms. The van der Waals surface area contributed by atoms with E-state index in [-0.39, 0.29) is 0 Å². The van der Waals surface area contributed by atoms with E-state index in [1.165, 1.54) is 25.7 Å². The van der Waals surface area contributed by atoms with Crippen molar-refractivity contribution < 1.29 is 0 Å². The standard InChI is InChI=1S/C17H22ClN3/c1-12-6-7-14(8-15(12)18)17-10-20-11-21(17)16(9-19)13-4-2-3-5-13/h6-8,10-11,13,16H,2-5,9,19H2,1H3. The summed E-state index contributed by atoms with van der Waals surface area (Å²) in [6, 6.07) is 6.52. The Hall–Kier alpha value is -1.32. The summed E-state index contributed by atoms with van der Waals surface area (Å²) in [7, 11) is 0. The van der Waals surface area contributed by atoms with Gasteiger partial charge in [0.15, 0.2) is 0 Å². The lowest BCUT2D eigenvalue weighted by Crippen LogP contribution is -2.25. The second-order valence-corrected chi connectivity index (χ2v) is 6.40. The number of nitrogens with zero attached hydrogens (tertiary/aromatic N) is 2. The minimum absolute atomic E-state index is 0.338. The molecule has 0 aliphatic heterocycles. The van der Waals surface area contributed by atoms with E-state index in [1.54, 1.807) is 0 Å². The number of rotatable bonds is 4. The van der Waals surface area contributed by atoms with Crippen molar-refractivity contribution >= 4 is 11.6 Å². The van der Waals surface area contributed by atoms with Crippen LogP contribution >= 0.6 is 11.6 Å². The van der Waals surface area contributed by atoms with Crippen molar-refractivity contribution in [3.63, 3.8) is 0 Å². The molecule has 1 aromatic carbocycles. The van der Waals surface area contributed by atoms with Crippen molar-refractivity contribution in [3.8, 4) is 11.3 Å². The molecule has 2 aromatic rings. The van der Waals surface area contributed by atoms with Gasteiger partial charge >= 0.3 is 0 Å². The molecule has 1 atom stereocenters. The number of hydrogen-bond acceptors (Lipinski definition) is 2. The number of imidazole rings is 1. The van der Waals surface area contributed by atoms with E-state index in [0.717, 1.165) is 21.8 Å². The Morgan fingerprint density at radius 2 is 2.14 bits per heavy atom. The van der Waals surface area contributed by atoms with Crippen LogP contribution in [0, 0.1) is 12.8 Å². The maximum atomic E-state index is 6.27. The zero-order valence-corrected chi connectivity index (χ0v) is 13.2. The molecule has 1 saturated carbocycles. The quantitative estimate of drug-likeness (QED) is 0.920. The molecule has 2 N–H and O–H groups in total. The molecule has 1 aliphatic carbocycles. The first-order chi connectivity index (χ1) is 10.2. The van der Waals surface area contributed by atoms with Crippen molar-refractivity contribution in [3.05, 3.63) is 41.3 Å². The van der Waals surface area contributed by atoms with Crippen LogP contribution in [0.5, 0.6) is 0 Å². The third-order valence-corrected chi connectivity index (χ3v) is 5.08. The van der Waals surface area contributed by atoms with Gasteiger partial charge in [-0.05, 0) is 37.3 Å². The zero-order chi connectivity index (χ0) is 14.8. The maximum Gasteiger partial charge on any atom is 0.0954 e. The maximum absolute atomic E-state index is 6.27. The summed E-state index contributed by atoms with van der Waals surface area (Å²) in [4.78, 5) is 4.36. The fourth-order valence-corrected chi connectivity index (χ4v) is 3.60. The first kappa shape index (κ1) is 14.6. The highest BCUT2D eigenvalue weighted by atomic mass is 35.5. The first-order valence-corrected chi connectivity index (χ1v) is 8.07. The minimum Gasteiger partial charge on any atom is -0.328 e. The second-order valence-electron chi connectivity index (χ2n) is 6.00. The van der Waals surface area contributed by atoms with Crippen molar-refractivity contribution in [2.45, 2.75) is 38.6 Å². The molecule has 1 unspecified atom stereocenters. The van der Waals surface area contributed by atoms with Gasteiger partial charge in [-0.25, -0.2) is 4.98 Å². The molecule has 4 heteroatoms. The molecule has 1 fully saturated rings. The van der Waals surface area contributed by atoms with Crippen LogP contribution in [0.25, 0.3) is 11.3 Å². The lowest BCUT2D eigenvalue weighted by Gasteiger charge is -2.25. The van der Waals surface area contributed by atoms with Gasteiger partial charge in [0.25, 0.3) is 0 Å². The molecule has 0 spiro atoms. The summed E-state index contributed by atoms with van der Waals surface area (Å²) < 4.78 is 2.25. The van der Waals surface area contributed by atoms with Gasteiger partial charge in [0.05, 0.1) is 24.3 Å². The fraction of sp³-hybridized carbons (Fsp3) is 0.471. The van der Waals surface area contributed by atoms with E-state index in [1.807, 2.05) is 25.5 Å². The number of halogens is 1. The topological polar surface area (TPSA) is 43.8 Å². The van der Waals surface area contributed by atoms with Crippen LogP contribution in [0.4, 0.5) is 0 Å². The van der Waals surface area contributed by atoms with Crippen molar-refractivity contribution in [1.29, 1.82) is 0 Å². The lowest BCUT2D eigenvalue weighted by atomic mass is 9.97. The van der Waals surface area contributed by atoms with Crippen LogP contribution in [-0.2, 0) is 0 Å². The smallest absolute Gasteiger partial charge is 0.0954 e. The Bertz CT molecular complexity index is 614. The average molecular weight is 304 g/mol. The molecule has 1 aromatic heterocycles. The van der Waals surface area contributed by atoms with E-state index in [9.17, 15) is 0 Å². The second kappa shape index (κ2) is 6.20. The van der Waals surface area contributed by atoms with Crippen LogP contribution < -0.4 is 5.73 Å². The Kier molecular flexibility index (Phi) is 4.32. The summed E-state index contributed by atoms with van der Waals surface area (Å²) in [5, 5.41) is 0.797. The van der Waals surface area contributed by atoms with Crippen molar-refractivity contribution in [2.75, 3.05) is 6.54 Å². The van der Waals surface area contributed by atoms with Crippen molar-refractivity contribution in [1.82, 2.24) is 9.55 Å². The molecule has 112 valence electrons. The molecule has 1 heterocycles. The molecule has 21 heavy (non-hydrogen) atoms. The normalized spacial score (nSPS) is 17.3. The molecule has 0 saturated heterocycles. The molecule has 3 nitrogen and oxygen atoms in total. The number of nitrogens with two attached hydrogens (primary N) is 1. The number of benzene rings is 1. The molecule has 0 amide bonds. The third-order valence-electron chi connectivity index (χ3n) is 4.68. The third kappa shape index (κ3) is 2.85. The van der Waals surface area contributed by atoms with Crippen LogP contribution in [0.2, 0.25) is 5.02 Å². The van der Waals surface area contributed by atoms with Crippen LogP contribution in [-0.4, -0.2) is 16.1 Å². The Morgan fingerprint density at radius 3 is 2.81 bits per heavy atom. The monoisotopic (exact) mass is 303 g/mol. The van der Waals surface area contributed by atoms with Crippen LogP contribution in [0.1, 0.15) is 37.3 Å². The van der Waals surface area contributed by atoms with Crippen molar-refractivity contribution in [2.24, 2.45) is 11.7 Å². The van der Waals surface area contributed by atoms with Gasteiger partial charge in [0.2, 0.25) is 0 Å². The fourth-order valence-electron chi connectivity index (χ4n) is 3.42. The van der Waals surface area contributed by atoms with Crippen LogP contribution in [0.3, 0.4) is 0 Å². The molecule has 3 rings (SSSR count). The van der Waals surface area contributed by atoms with E-state index >= 15 is 0 Å². The Balaban J connectivity index is 1.97. The SMILES string of the molecule is Cc1ccc(-c2cncn2C(CN)C2CCCC2)cc1Cl. The van der Waals surface area contributed by atoms with E-state index in [2.05, 4.69) is 21.7 Å². The Morgan fingerprint density at radius 1 is 1.38 bits per heavy atom. The summed E-state index contributed by atoms with van der Waals surface area (Å²) in [6.07, 6.45) is 9.02. The van der Waals surface area contributed by atoms with Gasteiger partial charge in [0, 0.05) is 17.1 Å².